The van der Waals surface area contributed by atoms with Gasteiger partial charge in [-0.3, -0.25) is 9.59 Å². The van der Waals surface area contributed by atoms with Crippen LogP contribution in [0.5, 0.6) is 5.75 Å². The molecule has 1 fully saturated rings. The lowest BCUT2D eigenvalue weighted by molar-refractivity contribution is -0.138. The second-order valence-corrected chi connectivity index (χ2v) is 5.12. The van der Waals surface area contributed by atoms with Crippen molar-refractivity contribution in [3.63, 3.8) is 0 Å². The average molecular weight is 303 g/mol. The van der Waals surface area contributed by atoms with Crippen molar-refractivity contribution in [3.8, 4) is 18.1 Å². The highest BCUT2D eigenvalue weighted by Crippen LogP contribution is 2.23. The van der Waals surface area contributed by atoms with Crippen LogP contribution in [-0.2, 0) is 9.53 Å². The number of hydrogen-bond donors (Lipinski definition) is 2. The predicted molar refractivity (Wildman–Crippen MR) is 78.7 cm³/mol. The summed E-state index contributed by atoms with van der Waals surface area (Å²) in [6.07, 6.45) is 5.42. The van der Waals surface area contributed by atoms with E-state index >= 15 is 0 Å². The Morgan fingerprint density at radius 2 is 2.14 bits per heavy atom. The molecule has 2 rings (SSSR count). The molecule has 2 N–H and O–H groups in total. The highest BCUT2D eigenvalue weighted by atomic mass is 16.5. The van der Waals surface area contributed by atoms with Crippen molar-refractivity contribution in [1.29, 1.82) is 0 Å². The number of ether oxygens (including phenoxy) is 2. The zero-order valence-electron chi connectivity index (χ0n) is 12.0. The second-order valence-electron chi connectivity index (χ2n) is 5.12. The van der Waals surface area contributed by atoms with E-state index in [-0.39, 0.29) is 25.5 Å². The number of benzene rings is 1. The Balaban J connectivity index is 2.04. The van der Waals surface area contributed by atoms with Gasteiger partial charge in [-0.15, -0.1) is 6.42 Å². The zero-order chi connectivity index (χ0) is 16.0. The highest BCUT2D eigenvalue weighted by Gasteiger charge is 2.38. The quantitative estimate of drug-likeness (QED) is 0.768. The molecule has 1 amide bonds. The largest absolute Gasteiger partial charge is 0.481 e. The molecule has 0 spiro atoms. The van der Waals surface area contributed by atoms with E-state index < -0.39 is 11.5 Å². The van der Waals surface area contributed by atoms with Gasteiger partial charge in [0.05, 0.1) is 18.6 Å². The molecule has 22 heavy (non-hydrogen) atoms. The number of carboxylic acid groups (broad SMARTS) is 1. The van der Waals surface area contributed by atoms with Crippen LogP contribution in [0, 0.1) is 12.3 Å². The number of amides is 1. The van der Waals surface area contributed by atoms with Gasteiger partial charge in [0.2, 0.25) is 0 Å². The number of terminal acetylenes is 1. The monoisotopic (exact) mass is 303 g/mol. The summed E-state index contributed by atoms with van der Waals surface area (Å²) >= 11 is 0. The van der Waals surface area contributed by atoms with E-state index in [0.717, 1.165) is 0 Å². The van der Waals surface area contributed by atoms with Gasteiger partial charge < -0.3 is 19.9 Å². The summed E-state index contributed by atoms with van der Waals surface area (Å²) < 4.78 is 10.5. The van der Waals surface area contributed by atoms with Gasteiger partial charge in [0, 0.05) is 12.2 Å². The molecule has 0 saturated carbocycles. The van der Waals surface area contributed by atoms with E-state index in [1.807, 2.05) is 0 Å². The molecule has 6 nitrogen and oxygen atoms in total. The Bertz CT molecular complexity index is 582. The van der Waals surface area contributed by atoms with Crippen molar-refractivity contribution in [3.05, 3.63) is 29.8 Å². The summed E-state index contributed by atoms with van der Waals surface area (Å²) in [7, 11) is 0. The molecule has 1 saturated heterocycles. The maximum atomic E-state index is 12.3. The minimum absolute atomic E-state index is 0.157. The molecule has 0 bridgehead atoms. The molecule has 1 aromatic rings. The molecule has 0 aromatic heterocycles. The normalized spacial score (nSPS) is 20.1. The van der Waals surface area contributed by atoms with Crippen molar-refractivity contribution in [2.24, 2.45) is 0 Å². The number of aliphatic carboxylic acids is 1. The first kappa shape index (κ1) is 15.9. The standard InChI is InChI=1S/C16H17NO5/c1-2-8-22-13-5-3-12(4-6-13)15(20)17-16(10-14(18)19)7-9-21-11-16/h1,3-6H,7-11H2,(H,17,20)(H,18,19). The van der Waals surface area contributed by atoms with Crippen molar-refractivity contribution in [1.82, 2.24) is 5.32 Å². The molecular formula is C16H17NO5. The van der Waals surface area contributed by atoms with Crippen molar-refractivity contribution in [2.45, 2.75) is 18.4 Å². The fourth-order valence-electron chi connectivity index (χ4n) is 2.32. The number of rotatable bonds is 6. The minimum atomic E-state index is -0.969. The first-order chi connectivity index (χ1) is 10.5. The van der Waals surface area contributed by atoms with Gasteiger partial charge in [0.1, 0.15) is 12.4 Å². The Morgan fingerprint density at radius 3 is 2.68 bits per heavy atom. The zero-order valence-corrected chi connectivity index (χ0v) is 12.0. The van der Waals surface area contributed by atoms with Crippen molar-refractivity contribution in [2.75, 3.05) is 19.8 Å². The van der Waals surface area contributed by atoms with E-state index in [0.29, 0.717) is 24.3 Å². The molecule has 0 aliphatic carbocycles. The number of nitrogens with one attached hydrogen (secondary N) is 1. The van der Waals surface area contributed by atoms with Crippen LogP contribution in [0.1, 0.15) is 23.2 Å². The van der Waals surface area contributed by atoms with Crippen LogP contribution in [0.2, 0.25) is 0 Å². The summed E-state index contributed by atoms with van der Waals surface area (Å²) in [6.45, 7) is 0.797. The first-order valence-corrected chi connectivity index (χ1v) is 6.83. The Kier molecular flexibility index (Phi) is 5.02. The molecule has 1 atom stereocenters. The fourth-order valence-corrected chi connectivity index (χ4v) is 2.32. The molecule has 1 unspecified atom stereocenters. The first-order valence-electron chi connectivity index (χ1n) is 6.83. The third kappa shape index (κ3) is 3.99. The maximum absolute atomic E-state index is 12.3. The van der Waals surface area contributed by atoms with Crippen LogP contribution < -0.4 is 10.1 Å². The lowest BCUT2D eigenvalue weighted by atomic mass is 9.93. The van der Waals surface area contributed by atoms with Crippen LogP contribution in [-0.4, -0.2) is 42.3 Å². The smallest absolute Gasteiger partial charge is 0.305 e. The van der Waals surface area contributed by atoms with E-state index in [9.17, 15) is 9.59 Å². The summed E-state index contributed by atoms with van der Waals surface area (Å²) in [5.41, 5.74) is -0.425. The fraction of sp³-hybridized carbons (Fsp3) is 0.375. The second kappa shape index (κ2) is 6.96. The third-order valence-corrected chi connectivity index (χ3v) is 3.41. The van der Waals surface area contributed by atoms with Crippen LogP contribution in [0.25, 0.3) is 0 Å². The molecule has 6 heteroatoms. The lowest BCUT2D eigenvalue weighted by Gasteiger charge is -2.27. The topological polar surface area (TPSA) is 84.9 Å². The van der Waals surface area contributed by atoms with E-state index in [1.165, 1.54) is 0 Å². The molecule has 0 radical (unpaired) electrons. The van der Waals surface area contributed by atoms with Gasteiger partial charge in [-0.2, -0.15) is 0 Å². The lowest BCUT2D eigenvalue weighted by Crippen LogP contribution is -2.50. The average Bonchev–Trinajstić information content (AvgIpc) is 2.92. The molecule has 1 heterocycles. The SMILES string of the molecule is C#CCOc1ccc(C(=O)NC2(CC(=O)O)CCOC2)cc1. The Morgan fingerprint density at radius 1 is 1.41 bits per heavy atom. The molecule has 1 aliphatic rings. The van der Waals surface area contributed by atoms with Gasteiger partial charge in [-0.25, -0.2) is 0 Å². The van der Waals surface area contributed by atoms with Crippen LogP contribution in [0.3, 0.4) is 0 Å². The third-order valence-electron chi connectivity index (χ3n) is 3.41. The van der Waals surface area contributed by atoms with Gasteiger partial charge in [0.15, 0.2) is 0 Å². The molecule has 1 aromatic carbocycles. The number of hydrogen-bond acceptors (Lipinski definition) is 4. The Labute approximate surface area is 128 Å². The maximum Gasteiger partial charge on any atom is 0.305 e. The minimum Gasteiger partial charge on any atom is -0.481 e. The summed E-state index contributed by atoms with van der Waals surface area (Å²) in [6, 6.07) is 6.49. The van der Waals surface area contributed by atoms with Gasteiger partial charge in [-0.1, -0.05) is 5.92 Å². The van der Waals surface area contributed by atoms with Crippen molar-refractivity contribution < 1.29 is 24.2 Å². The van der Waals surface area contributed by atoms with Crippen LogP contribution >= 0.6 is 0 Å². The van der Waals surface area contributed by atoms with E-state index in [1.54, 1.807) is 24.3 Å². The van der Waals surface area contributed by atoms with E-state index in [2.05, 4.69) is 11.2 Å². The highest BCUT2D eigenvalue weighted by molar-refractivity contribution is 5.95. The summed E-state index contributed by atoms with van der Waals surface area (Å²) in [5, 5.41) is 11.8. The van der Waals surface area contributed by atoms with Gasteiger partial charge in [-0.05, 0) is 30.7 Å². The van der Waals surface area contributed by atoms with E-state index in [4.69, 9.17) is 21.0 Å². The number of carbonyl (C=O) groups is 2. The Hall–Kier alpha value is -2.52. The molecule has 1 aliphatic heterocycles. The summed E-state index contributed by atoms with van der Waals surface area (Å²) in [5.74, 6) is 1.62. The molecular weight excluding hydrogens is 286 g/mol. The number of carboxylic acids is 1. The van der Waals surface area contributed by atoms with Crippen LogP contribution in [0.15, 0.2) is 24.3 Å². The molecule has 116 valence electrons. The van der Waals surface area contributed by atoms with Crippen molar-refractivity contribution >= 4 is 11.9 Å². The van der Waals surface area contributed by atoms with Crippen LogP contribution in [0.4, 0.5) is 0 Å². The number of carbonyl (C=O) groups excluding carboxylic acids is 1. The van der Waals surface area contributed by atoms with Gasteiger partial charge in [0.25, 0.3) is 5.91 Å². The van der Waals surface area contributed by atoms with Gasteiger partial charge >= 0.3 is 5.97 Å². The predicted octanol–water partition coefficient (Wildman–Crippen LogP) is 1.06. The summed E-state index contributed by atoms with van der Waals surface area (Å²) in [4.78, 5) is 23.3.